The Morgan fingerprint density at radius 3 is 2.58 bits per heavy atom. The van der Waals surface area contributed by atoms with Gasteiger partial charge in [-0.15, -0.1) is 11.3 Å². The van der Waals surface area contributed by atoms with Crippen LogP contribution in [0, 0.1) is 5.82 Å². The number of thiophene rings is 1. The second kappa shape index (κ2) is 6.83. The first-order valence-corrected chi connectivity index (χ1v) is 7.55. The third kappa shape index (κ3) is 4.15. The second-order valence-electron chi connectivity index (χ2n) is 5.06. The molecule has 0 saturated heterocycles. The highest BCUT2D eigenvalue weighted by Crippen LogP contribution is 2.25. The van der Waals surface area contributed by atoms with Crippen LogP contribution in [0.3, 0.4) is 0 Å². The first kappa shape index (κ1) is 14.2. The maximum Gasteiger partial charge on any atom is 0.126 e. The van der Waals surface area contributed by atoms with Gasteiger partial charge in [0.25, 0.3) is 0 Å². The number of hydrogen-bond donors (Lipinski definition) is 1. The average Bonchev–Trinajstić information content (AvgIpc) is 2.88. The average molecular weight is 277 g/mol. The molecule has 0 fully saturated rings. The molecular weight excluding hydrogens is 257 g/mol. The topological polar surface area (TPSA) is 12.0 Å². The van der Waals surface area contributed by atoms with Crippen LogP contribution in [0.5, 0.6) is 0 Å². The van der Waals surface area contributed by atoms with Crippen molar-refractivity contribution in [3.8, 4) is 0 Å². The normalized spacial score (nSPS) is 12.8. The molecule has 1 nitrogen and oxygen atoms in total. The summed E-state index contributed by atoms with van der Waals surface area (Å²) in [5.74, 6) is 0.0804. The Morgan fingerprint density at radius 1 is 1.16 bits per heavy atom. The van der Waals surface area contributed by atoms with Gasteiger partial charge in [-0.2, -0.15) is 0 Å². The third-order valence-corrected chi connectivity index (χ3v) is 4.04. The van der Waals surface area contributed by atoms with Crippen molar-refractivity contribution < 1.29 is 4.39 Å². The van der Waals surface area contributed by atoms with Crippen LogP contribution in [0.1, 0.15) is 30.2 Å². The molecule has 0 spiro atoms. The van der Waals surface area contributed by atoms with Gasteiger partial charge in [-0.3, -0.25) is 0 Å². The Balaban J connectivity index is 2.16. The van der Waals surface area contributed by atoms with Crippen LogP contribution in [-0.2, 0) is 6.42 Å². The van der Waals surface area contributed by atoms with Crippen LogP contribution in [0.4, 0.5) is 4.39 Å². The van der Waals surface area contributed by atoms with Crippen molar-refractivity contribution in [2.24, 2.45) is 0 Å². The predicted octanol–water partition coefficient (Wildman–Crippen LogP) is 4.21. The van der Waals surface area contributed by atoms with Gasteiger partial charge < -0.3 is 5.32 Å². The molecule has 0 bridgehead atoms. The molecule has 19 heavy (non-hydrogen) atoms. The van der Waals surface area contributed by atoms with Crippen molar-refractivity contribution >= 4 is 11.3 Å². The zero-order valence-electron chi connectivity index (χ0n) is 11.4. The van der Waals surface area contributed by atoms with Gasteiger partial charge in [0.15, 0.2) is 0 Å². The summed E-state index contributed by atoms with van der Waals surface area (Å²) in [6, 6.07) is 11.7. The summed E-state index contributed by atoms with van der Waals surface area (Å²) in [7, 11) is 0. The molecule has 0 radical (unpaired) electrons. The third-order valence-electron chi connectivity index (χ3n) is 3.15. The molecule has 0 aliphatic rings. The molecule has 1 aromatic carbocycles. The lowest BCUT2D eigenvalue weighted by Crippen LogP contribution is -2.29. The van der Waals surface area contributed by atoms with E-state index in [0.717, 1.165) is 18.5 Å². The zero-order chi connectivity index (χ0) is 13.7. The molecule has 2 rings (SSSR count). The lowest BCUT2D eigenvalue weighted by atomic mass is 9.94. The highest BCUT2D eigenvalue weighted by Gasteiger charge is 2.16. The first-order valence-electron chi connectivity index (χ1n) is 6.67. The van der Waals surface area contributed by atoms with Crippen LogP contribution < -0.4 is 5.32 Å². The van der Waals surface area contributed by atoms with Crippen molar-refractivity contribution in [3.63, 3.8) is 0 Å². The van der Waals surface area contributed by atoms with E-state index in [2.05, 4.69) is 30.6 Å². The fraction of sp³-hybridized carbons (Fsp3) is 0.375. The minimum atomic E-state index is -0.102. The van der Waals surface area contributed by atoms with Crippen molar-refractivity contribution in [3.05, 3.63) is 58.0 Å². The molecule has 2 aromatic rings. The molecule has 3 heteroatoms. The number of rotatable bonds is 6. The quantitative estimate of drug-likeness (QED) is 0.834. The Morgan fingerprint density at radius 2 is 1.95 bits per heavy atom. The van der Waals surface area contributed by atoms with E-state index in [1.165, 1.54) is 4.88 Å². The number of hydrogen-bond acceptors (Lipinski definition) is 2. The van der Waals surface area contributed by atoms with Crippen molar-refractivity contribution in [2.75, 3.05) is 6.54 Å². The van der Waals surface area contributed by atoms with Gasteiger partial charge in [-0.05, 0) is 29.5 Å². The minimum Gasteiger partial charge on any atom is -0.314 e. The summed E-state index contributed by atoms with van der Waals surface area (Å²) in [4.78, 5) is 1.30. The molecule has 1 heterocycles. The smallest absolute Gasteiger partial charge is 0.126 e. The minimum absolute atomic E-state index is 0.102. The van der Waals surface area contributed by atoms with Gasteiger partial charge in [0.2, 0.25) is 0 Å². The summed E-state index contributed by atoms with van der Waals surface area (Å²) in [5, 5.41) is 5.49. The summed E-state index contributed by atoms with van der Waals surface area (Å²) >= 11 is 1.74. The molecule has 0 amide bonds. The Hall–Kier alpha value is -1.19. The number of halogens is 1. The molecule has 0 aliphatic carbocycles. The largest absolute Gasteiger partial charge is 0.314 e. The van der Waals surface area contributed by atoms with E-state index in [0.29, 0.717) is 6.04 Å². The molecule has 0 aliphatic heterocycles. The Labute approximate surface area is 118 Å². The van der Waals surface area contributed by atoms with E-state index in [9.17, 15) is 4.39 Å². The van der Waals surface area contributed by atoms with Gasteiger partial charge in [-0.25, -0.2) is 4.39 Å². The summed E-state index contributed by atoms with van der Waals surface area (Å²) < 4.78 is 14.0. The molecule has 0 saturated carbocycles. The van der Waals surface area contributed by atoms with E-state index in [1.54, 1.807) is 23.5 Å². The molecular formula is C16H20FNS. The van der Waals surface area contributed by atoms with Crippen LogP contribution in [0.25, 0.3) is 0 Å². The first-order chi connectivity index (χ1) is 9.16. The van der Waals surface area contributed by atoms with E-state index >= 15 is 0 Å². The fourth-order valence-corrected chi connectivity index (χ4v) is 2.93. The highest BCUT2D eigenvalue weighted by molar-refractivity contribution is 7.09. The van der Waals surface area contributed by atoms with Gasteiger partial charge in [0.05, 0.1) is 0 Å². The van der Waals surface area contributed by atoms with Gasteiger partial charge >= 0.3 is 0 Å². The molecule has 1 N–H and O–H groups in total. The lowest BCUT2D eigenvalue weighted by molar-refractivity contribution is 0.507. The summed E-state index contributed by atoms with van der Waals surface area (Å²) in [6.07, 6.45) is 0.887. The summed E-state index contributed by atoms with van der Waals surface area (Å²) in [5.41, 5.74) is 0.809. The number of benzene rings is 1. The second-order valence-corrected chi connectivity index (χ2v) is 6.10. The fourth-order valence-electron chi connectivity index (χ4n) is 2.15. The van der Waals surface area contributed by atoms with Crippen LogP contribution in [0.15, 0.2) is 41.8 Å². The predicted molar refractivity (Wildman–Crippen MR) is 80.3 cm³/mol. The van der Waals surface area contributed by atoms with E-state index in [1.807, 2.05) is 18.2 Å². The molecule has 1 atom stereocenters. The van der Waals surface area contributed by atoms with Crippen molar-refractivity contribution in [1.82, 2.24) is 5.32 Å². The Bertz CT molecular complexity index is 493. The van der Waals surface area contributed by atoms with E-state index in [-0.39, 0.29) is 11.7 Å². The van der Waals surface area contributed by atoms with E-state index < -0.39 is 0 Å². The Kier molecular flexibility index (Phi) is 5.11. The van der Waals surface area contributed by atoms with Gasteiger partial charge in [0.1, 0.15) is 5.82 Å². The molecule has 102 valence electrons. The van der Waals surface area contributed by atoms with Gasteiger partial charge in [0, 0.05) is 23.4 Å². The maximum atomic E-state index is 14.0. The zero-order valence-corrected chi connectivity index (χ0v) is 12.2. The maximum absolute atomic E-state index is 14.0. The summed E-state index contributed by atoms with van der Waals surface area (Å²) in [6.45, 7) is 5.03. The number of nitrogens with one attached hydrogen (secondary N) is 1. The van der Waals surface area contributed by atoms with Crippen molar-refractivity contribution in [2.45, 2.75) is 32.2 Å². The van der Waals surface area contributed by atoms with Crippen LogP contribution in [-0.4, -0.2) is 12.6 Å². The van der Waals surface area contributed by atoms with Crippen molar-refractivity contribution in [1.29, 1.82) is 0 Å². The van der Waals surface area contributed by atoms with Crippen LogP contribution >= 0.6 is 11.3 Å². The molecule has 1 unspecified atom stereocenters. The SMILES string of the molecule is CC(C)NCC(Cc1cccs1)c1ccccc1F. The standard InChI is InChI=1S/C16H20FNS/c1-12(2)18-11-13(10-14-6-5-9-19-14)15-7-3-4-8-16(15)17/h3-9,12-13,18H,10-11H2,1-2H3. The van der Waals surface area contributed by atoms with E-state index in [4.69, 9.17) is 0 Å². The van der Waals surface area contributed by atoms with Crippen LogP contribution in [0.2, 0.25) is 0 Å². The lowest BCUT2D eigenvalue weighted by Gasteiger charge is -2.19. The molecule has 1 aromatic heterocycles. The monoisotopic (exact) mass is 277 g/mol. The van der Waals surface area contributed by atoms with Gasteiger partial charge in [-0.1, -0.05) is 38.1 Å². The highest BCUT2D eigenvalue weighted by atomic mass is 32.1.